The number of ether oxygens (including phenoxy) is 1. The molecule has 0 unspecified atom stereocenters. The van der Waals surface area contributed by atoms with Crippen LogP contribution in [0.4, 0.5) is 0 Å². The van der Waals surface area contributed by atoms with Gasteiger partial charge in [-0.25, -0.2) is 5.10 Å². The molecule has 0 bridgehead atoms. The standard InChI is InChI=1S/C8H8N4O/c1-2-4-7(5-3-1)6-13-8-9-11-12-10-8/h1-5H,6H2,(H,9,10,11,12). The average Bonchev–Trinajstić information content (AvgIpc) is 2.69. The molecule has 2 aromatic rings. The number of nitrogens with zero attached hydrogens (tertiary/aromatic N) is 3. The largest absolute Gasteiger partial charge is 0.458 e. The van der Waals surface area contributed by atoms with Gasteiger partial charge in [0.1, 0.15) is 6.61 Å². The first-order valence-electron chi connectivity index (χ1n) is 3.85. The van der Waals surface area contributed by atoms with Crippen LogP contribution in [0.1, 0.15) is 5.56 Å². The first-order valence-corrected chi connectivity index (χ1v) is 3.85. The third kappa shape index (κ3) is 2.02. The van der Waals surface area contributed by atoms with E-state index in [4.69, 9.17) is 4.74 Å². The molecule has 5 heteroatoms. The van der Waals surface area contributed by atoms with Gasteiger partial charge in [0.2, 0.25) is 0 Å². The maximum Gasteiger partial charge on any atom is 0.332 e. The number of H-pyrrole nitrogens is 1. The van der Waals surface area contributed by atoms with Gasteiger partial charge in [0.15, 0.2) is 0 Å². The Bertz CT molecular complexity index is 346. The second-order valence-corrected chi connectivity index (χ2v) is 2.48. The molecule has 0 radical (unpaired) electrons. The van der Waals surface area contributed by atoms with Gasteiger partial charge in [-0.1, -0.05) is 35.4 Å². The molecule has 0 atom stereocenters. The van der Waals surface area contributed by atoms with Crippen molar-refractivity contribution in [1.82, 2.24) is 20.6 Å². The van der Waals surface area contributed by atoms with Crippen molar-refractivity contribution in [2.75, 3.05) is 0 Å². The van der Waals surface area contributed by atoms with Crippen LogP contribution in [-0.2, 0) is 6.61 Å². The lowest BCUT2D eigenvalue weighted by molar-refractivity contribution is 0.281. The smallest absolute Gasteiger partial charge is 0.332 e. The molecule has 66 valence electrons. The Morgan fingerprint density at radius 1 is 1.23 bits per heavy atom. The molecule has 13 heavy (non-hydrogen) atoms. The number of aromatic amines is 1. The number of nitrogens with one attached hydrogen (secondary N) is 1. The highest BCUT2D eigenvalue weighted by Crippen LogP contribution is 2.03. The molecule has 1 N–H and O–H groups in total. The Hall–Kier alpha value is -1.91. The van der Waals surface area contributed by atoms with E-state index in [0.29, 0.717) is 12.6 Å². The molecule has 0 saturated heterocycles. The average molecular weight is 176 g/mol. The van der Waals surface area contributed by atoms with Crippen LogP contribution < -0.4 is 4.74 Å². The molecule has 0 aliphatic heterocycles. The lowest BCUT2D eigenvalue weighted by Gasteiger charge is -1.99. The van der Waals surface area contributed by atoms with Crippen molar-refractivity contribution in [3.8, 4) is 6.01 Å². The minimum Gasteiger partial charge on any atom is -0.458 e. The zero-order valence-corrected chi connectivity index (χ0v) is 6.84. The van der Waals surface area contributed by atoms with Gasteiger partial charge in [-0.15, -0.1) is 0 Å². The monoisotopic (exact) mass is 176 g/mol. The van der Waals surface area contributed by atoms with Gasteiger partial charge in [-0.05, 0) is 16.0 Å². The van der Waals surface area contributed by atoms with Gasteiger partial charge in [0.25, 0.3) is 0 Å². The van der Waals surface area contributed by atoms with E-state index >= 15 is 0 Å². The van der Waals surface area contributed by atoms with Crippen molar-refractivity contribution in [3.05, 3.63) is 35.9 Å². The summed E-state index contributed by atoms with van der Waals surface area (Å²) in [5.41, 5.74) is 1.08. The molecular weight excluding hydrogens is 168 g/mol. The number of tetrazole rings is 1. The van der Waals surface area contributed by atoms with Crippen LogP contribution in [0.5, 0.6) is 6.01 Å². The van der Waals surface area contributed by atoms with Crippen molar-refractivity contribution >= 4 is 0 Å². The Morgan fingerprint density at radius 2 is 2.08 bits per heavy atom. The minimum atomic E-state index is 0.337. The fourth-order valence-corrected chi connectivity index (χ4v) is 0.938. The van der Waals surface area contributed by atoms with E-state index in [-0.39, 0.29) is 0 Å². The normalized spacial score (nSPS) is 9.85. The highest BCUT2D eigenvalue weighted by molar-refractivity contribution is 5.13. The fourth-order valence-electron chi connectivity index (χ4n) is 0.938. The van der Waals surface area contributed by atoms with Crippen LogP contribution >= 0.6 is 0 Å². The first kappa shape index (κ1) is 7.72. The van der Waals surface area contributed by atoms with Crippen molar-refractivity contribution < 1.29 is 4.74 Å². The zero-order valence-electron chi connectivity index (χ0n) is 6.84. The zero-order chi connectivity index (χ0) is 8.93. The Labute approximate surface area is 74.7 Å². The molecule has 0 saturated carbocycles. The molecule has 1 aromatic carbocycles. The minimum absolute atomic E-state index is 0.337. The summed E-state index contributed by atoms with van der Waals surface area (Å²) in [5, 5.41) is 12.9. The predicted molar refractivity (Wildman–Crippen MR) is 45.0 cm³/mol. The van der Waals surface area contributed by atoms with Gasteiger partial charge < -0.3 is 4.74 Å². The van der Waals surface area contributed by atoms with E-state index in [9.17, 15) is 0 Å². The summed E-state index contributed by atoms with van der Waals surface area (Å²) in [5.74, 6) is 0. The molecule has 1 heterocycles. The first-order chi connectivity index (χ1) is 6.45. The van der Waals surface area contributed by atoms with Gasteiger partial charge in [0, 0.05) is 0 Å². The van der Waals surface area contributed by atoms with E-state index in [1.807, 2.05) is 30.3 Å². The lowest BCUT2D eigenvalue weighted by Crippen LogP contribution is -1.96. The summed E-state index contributed by atoms with van der Waals surface area (Å²) in [6.45, 7) is 0.470. The second kappa shape index (κ2) is 3.66. The number of hydrogen-bond donors (Lipinski definition) is 1. The highest BCUT2D eigenvalue weighted by atomic mass is 16.5. The van der Waals surface area contributed by atoms with Crippen LogP contribution in [0.25, 0.3) is 0 Å². The van der Waals surface area contributed by atoms with Crippen molar-refractivity contribution in [1.29, 1.82) is 0 Å². The molecule has 0 fully saturated rings. The number of benzene rings is 1. The summed E-state index contributed by atoms with van der Waals surface area (Å²) in [6, 6.07) is 10.2. The molecule has 2 rings (SSSR count). The quantitative estimate of drug-likeness (QED) is 0.750. The predicted octanol–water partition coefficient (Wildman–Crippen LogP) is 0.779. The van der Waals surface area contributed by atoms with Gasteiger partial charge in [-0.3, -0.25) is 0 Å². The molecular formula is C8H8N4O. The third-order valence-electron chi connectivity index (χ3n) is 1.54. The molecule has 5 nitrogen and oxygen atoms in total. The third-order valence-corrected chi connectivity index (χ3v) is 1.54. The van der Waals surface area contributed by atoms with E-state index in [2.05, 4.69) is 20.6 Å². The summed E-state index contributed by atoms with van der Waals surface area (Å²) < 4.78 is 5.24. The maximum absolute atomic E-state index is 5.24. The number of aromatic nitrogens is 4. The van der Waals surface area contributed by atoms with Crippen LogP contribution in [0.3, 0.4) is 0 Å². The summed E-state index contributed by atoms with van der Waals surface area (Å²) in [7, 11) is 0. The van der Waals surface area contributed by atoms with E-state index in [0.717, 1.165) is 5.56 Å². The van der Waals surface area contributed by atoms with E-state index in [1.54, 1.807) is 0 Å². The molecule has 0 spiro atoms. The lowest BCUT2D eigenvalue weighted by atomic mass is 10.2. The Balaban J connectivity index is 1.94. The number of rotatable bonds is 3. The van der Waals surface area contributed by atoms with Crippen LogP contribution in [0.15, 0.2) is 30.3 Å². The Kier molecular flexibility index (Phi) is 2.18. The molecule has 0 aliphatic carbocycles. The van der Waals surface area contributed by atoms with Crippen molar-refractivity contribution in [3.63, 3.8) is 0 Å². The summed E-state index contributed by atoms with van der Waals surface area (Å²) in [6.07, 6.45) is 0. The topological polar surface area (TPSA) is 63.7 Å². The van der Waals surface area contributed by atoms with Crippen LogP contribution in [0.2, 0.25) is 0 Å². The maximum atomic E-state index is 5.24. The van der Waals surface area contributed by atoms with Crippen LogP contribution in [-0.4, -0.2) is 20.6 Å². The van der Waals surface area contributed by atoms with Crippen LogP contribution in [0, 0.1) is 0 Å². The highest BCUT2D eigenvalue weighted by Gasteiger charge is 1.96. The van der Waals surface area contributed by atoms with Gasteiger partial charge >= 0.3 is 6.01 Å². The Morgan fingerprint density at radius 3 is 2.77 bits per heavy atom. The fraction of sp³-hybridized carbons (Fsp3) is 0.125. The molecule has 1 aromatic heterocycles. The van der Waals surface area contributed by atoms with E-state index in [1.165, 1.54) is 0 Å². The van der Waals surface area contributed by atoms with E-state index < -0.39 is 0 Å². The number of hydrogen-bond acceptors (Lipinski definition) is 4. The van der Waals surface area contributed by atoms with Crippen molar-refractivity contribution in [2.24, 2.45) is 0 Å². The molecule has 0 amide bonds. The van der Waals surface area contributed by atoms with Gasteiger partial charge in [-0.2, -0.15) is 0 Å². The second-order valence-electron chi connectivity index (χ2n) is 2.48. The van der Waals surface area contributed by atoms with Crippen molar-refractivity contribution in [2.45, 2.75) is 6.61 Å². The molecule has 0 aliphatic rings. The van der Waals surface area contributed by atoms with Gasteiger partial charge in [0.05, 0.1) is 0 Å². The SMILES string of the molecule is c1ccc(COc2nnn[nH]2)cc1. The summed E-state index contributed by atoms with van der Waals surface area (Å²) >= 11 is 0. The summed E-state index contributed by atoms with van der Waals surface area (Å²) in [4.78, 5) is 0.